The van der Waals surface area contributed by atoms with E-state index in [1.165, 1.54) is 19.1 Å². The highest BCUT2D eigenvalue weighted by Crippen LogP contribution is 2.38. The van der Waals surface area contributed by atoms with Crippen LogP contribution < -0.4 is 5.32 Å². The number of carbonyl (C=O) groups excluding carboxylic acids is 2. The van der Waals surface area contributed by atoms with Crippen LogP contribution in [0.4, 0.5) is 13.2 Å². The number of nitrogens with one attached hydrogen (secondary N) is 1. The minimum absolute atomic E-state index is 0.0352. The number of nitrogens with zero attached hydrogens (tertiary/aromatic N) is 2. The van der Waals surface area contributed by atoms with E-state index in [-0.39, 0.29) is 29.1 Å². The molecule has 0 saturated carbocycles. The van der Waals surface area contributed by atoms with Gasteiger partial charge in [0.1, 0.15) is 5.69 Å². The number of ether oxygens (including phenoxy) is 2. The molecule has 2 aromatic rings. The number of rotatable bonds is 6. The second-order valence-corrected chi connectivity index (χ2v) is 9.28. The highest BCUT2D eigenvalue weighted by Gasteiger charge is 2.39. The van der Waals surface area contributed by atoms with Crippen molar-refractivity contribution < 1.29 is 32.2 Å². The average Bonchev–Trinajstić information content (AvgIpc) is 3.10. The van der Waals surface area contributed by atoms with Crippen LogP contribution in [0.2, 0.25) is 0 Å². The van der Waals surface area contributed by atoms with Crippen molar-refractivity contribution in [1.29, 1.82) is 0 Å². The van der Waals surface area contributed by atoms with Crippen molar-refractivity contribution in [2.75, 3.05) is 26.4 Å². The zero-order chi connectivity index (χ0) is 25.2. The number of aryl methyl sites for hydroxylation is 2. The van der Waals surface area contributed by atoms with Crippen molar-refractivity contribution in [3.8, 4) is 0 Å². The van der Waals surface area contributed by atoms with Gasteiger partial charge in [-0.3, -0.25) is 9.48 Å². The molecule has 0 unspecified atom stereocenters. The summed E-state index contributed by atoms with van der Waals surface area (Å²) in [5, 5.41) is 7.73. The van der Waals surface area contributed by atoms with E-state index in [4.69, 9.17) is 9.47 Å². The fraction of sp³-hybridized carbons (Fsp3) is 0.560. The Morgan fingerprint density at radius 2 is 2.03 bits per heavy atom. The highest BCUT2D eigenvalue weighted by atomic mass is 19.4. The van der Waals surface area contributed by atoms with Crippen LogP contribution in [-0.2, 0) is 35.0 Å². The number of hydrogen-bond acceptors (Lipinski definition) is 5. The molecule has 1 aromatic carbocycles. The number of hydrogen-bond donors (Lipinski definition) is 1. The molecule has 10 heteroatoms. The second-order valence-electron chi connectivity index (χ2n) is 9.28. The van der Waals surface area contributed by atoms with Gasteiger partial charge in [0.25, 0.3) is 5.91 Å². The lowest BCUT2D eigenvalue weighted by atomic mass is 9.75. The van der Waals surface area contributed by atoms with Gasteiger partial charge >= 0.3 is 12.1 Å². The molecule has 0 radical (unpaired) electrons. The molecular formula is C25H30F3N3O4. The molecule has 0 aliphatic carbocycles. The van der Waals surface area contributed by atoms with Gasteiger partial charge in [-0.2, -0.15) is 18.3 Å². The summed E-state index contributed by atoms with van der Waals surface area (Å²) < 4.78 is 52.0. The molecule has 2 aliphatic rings. The van der Waals surface area contributed by atoms with Crippen LogP contribution in [0.15, 0.2) is 18.2 Å². The van der Waals surface area contributed by atoms with Gasteiger partial charge in [0, 0.05) is 31.9 Å². The molecule has 1 aromatic heterocycles. The van der Waals surface area contributed by atoms with Gasteiger partial charge < -0.3 is 14.8 Å². The van der Waals surface area contributed by atoms with Crippen LogP contribution in [0.5, 0.6) is 0 Å². The highest BCUT2D eigenvalue weighted by molar-refractivity contribution is 5.95. The Kier molecular flexibility index (Phi) is 7.21. The normalized spacial score (nSPS) is 17.6. The molecule has 0 bridgehead atoms. The lowest BCUT2D eigenvalue weighted by molar-refractivity contribution is -0.138. The molecule has 190 valence electrons. The maximum Gasteiger partial charge on any atom is 0.416 e. The summed E-state index contributed by atoms with van der Waals surface area (Å²) in [5.41, 5.74) is 1.16. The summed E-state index contributed by atoms with van der Waals surface area (Å²) in [5.74, 6) is -0.914. The summed E-state index contributed by atoms with van der Waals surface area (Å²) in [4.78, 5) is 25.3. The molecule has 1 amide bonds. The lowest BCUT2D eigenvalue weighted by Gasteiger charge is -2.36. The van der Waals surface area contributed by atoms with Gasteiger partial charge in [-0.1, -0.05) is 6.07 Å². The Bertz CT molecular complexity index is 1100. The van der Waals surface area contributed by atoms with Crippen molar-refractivity contribution in [3.63, 3.8) is 0 Å². The second kappa shape index (κ2) is 10.0. The standard InChI is InChI=1S/C25H30F3N3O4/c1-3-31-21-18(14-24(15-29-22(21)32)9-12-34-13-10-24)20(30-31)8-5-11-35-23(33)17-6-4-7-19(16(17)2)25(26,27)28/h4,6-7H,3,5,8-15H2,1-2H3,(H,29,32). The van der Waals surface area contributed by atoms with Crippen molar-refractivity contribution in [1.82, 2.24) is 15.1 Å². The third-order valence-electron chi connectivity index (χ3n) is 7.03. The number of aromatic nitrogens is 2. The SMILES string of the molecule is CCn1nc(CCCOC(=O)c2cccc(C(F)(F)F)c2C)c2c1C(=O)NCC1(CCOCC1)C2. The summed E-state index contributed by atoms with van der Waals surface area (Å²) in [6.45, 7) is 5.70. The van der Waals surface area contributed by atoms with E-state index < -0.39 is 17.7 Å². The first kappa shape index (κ1) is 25.2. The fourth-order valence-electron chi connectivity index (χ4n) is 5.01. The summed E-state index contributed by atoms with van der Waals surface area (Å²) >= 11 is 0. The number of fused-ring (bicyclic) bond motifs is 1. The smallest absolute Gasteiger partial charge is 0.416 e. The first-order chi connectivity index (χ1) is 16.6. The predicted octanol–water partition coefficient (Wildman–Crippen LogP) is 4.10. The molecule has 1 saturated heterocycles. The molecule has 1 fully saturated rings. The number of amides is 1. The Morgan fingerprint density at radius 3 is 2.71 bits per heavy atom. The minimum Gasteiger partial charge on any atom is -0.462 e. The first-order valence-corrected chi connectivity index (χ1v) is 11.9. The van der Waals surface area contributed by atoms with Gasteiger partial charge in [0.15, 0.2) is 0 Å². The maximum atomic E-state index is 13.1. The van der Waals surface area contributed by atoms with Gasteiger partial charge in [-0.15, -0.1) is 0 Å². The van der Waals surface area contributed by atoms with E-state index in [0.29, 0.717) is 44.8 Å². The number of esters is 1. The van der Waals surface area contributed by atoms with Gasteiger partial charge in [0.05, 0.1) is 23.4 Å². The van der Waals surface area contributed by atoms with Crippen LogP contribution in [0.3, 0.4) is 0 Å². The molecule has 0 atom stereocenters. The van der Waals surface area contributed by atoms with E-state index in [2.05, 4.69) is 10.4 Å². The monoisotopic (exact) mass is 493 g/mol. The fourth-order valence-corrected chi connectivity index (χ4v) is 5.01. The summed E-state index contributed by atoms with van der Waals surface area (Å²) in [6, 6.07) is 3.49. The van der Waals surface area contributed by atoms with Gasteiger partial charge in [0.2, 0.25) is 0 Å². The zero-order valence-electron chi connectivity index (χ0n) is 20.0. The van der Waals surface area contributed by atoms with Crippen LogP contribution in [0.25, 0.3) is 0 Å². The zero-order valence-corrected chi connectivity index (χ0v) is 20.0. The molecule has 2 aliphatic heterocycles. The summed E-state index contributed by atoms with van der Waals surface area (Å²) in [6.07, 6.45) is -1.17. The number of alkyl halides is 3. The minimum atomic E-state index is -4.54. The van der Waals surface area contributed by atoms with E-state index in [9.17, 15) is 22.8 Å². The van der Waals surface area contributed by atoms with E-state index in [1.54, 1.807) is 4.68 Å². The molecule has 1 N–H and O–H groups in total. The molecule has 3 heterocycles. The lowest BCUT2D eigenvalue weighted by Crippen LogP contribution is -2.40. The Morgan fingerprint density at radius 1 is 1.29 bits per heavy atom. The number of benzene rings is 1. The van der Waals surface area contributed by atoms with Gasteiger partial charge in [-0.05, 0) is 69.1 Å². The molecule has 7 nitrogen and oxygen atoms in total. The molecule has 35 heavy (non-hydrogen) atoms. The van der Waals surface area contributed by atoms with Crippen LogP contribution in [0.1, 0.15) is 69.4 Å². The molecular weight excluding hydrogens is 463 g/mol. The largest absolute Gasteiger partial charge is 0.462 e. The van der Waals surface area contributed by atoms with Crippen LogP contribution in [-0.4, -0.2) is 48.0 Å². The number of halogens is 3. The average molecular weight is 494 g/mol. The Hall–Kier alpha value is -2.88. The summed E-state index contributed by atoms with van der Waals surface area (Å²) in [7, 11) is 0. The van der Waals surface area contributed by atoms with Crippen molar-refractivity contribution in [2.24, 2.45) is 5.41 Å². The van der Waals surface area contributed by atoms with Crippen molar-refractivity contribution in [2.45, 2.75) is 58.7 Å². The topological polar surface area (TPSA) is 82.5 Å². The third-order valence-corrected chi connectivity index (χ3v) is 7.03. The Balaban J connectivity index is 1.45. The molecule has 4 rings (SSSR count). The van der Waals surface area contributed by atoms with Gasteiger partial charge in [-0.25, -0.2) is 4.79 Å². The molecule has 1 spiro atoms. The third kappa shape index (κ3) is 5.22. The van der Waals surface area contributed by atoms with Crippen LogP contribution >= 0.6 is 0 Å². The van der Waals surface area contributed by atoms with Crippen LogP contribution in [0, 0.1) is 12.3 Å². The first-order valence-electron chi connectivity index (χ1n) is 11.9. The Labute approximate surface area is 202 Å². The van der Waals surface area contributed by atoms with Crippen molar-refractivity contribution >= 4 is 11.9 Å². The number of carbonyl (C=O) groups is 2. The van der Waals surface area contributed by atoms with E-state index in [1.807, 2.05) is 6.92 Å². The predicted molar refractivity (Wildman–Crippen MR) is 121 cm³/mol. The van der Waals surface area contributed by atoms with Crippen molar-refractivity contribution in [3.05, 3.63) is 51.8 Å². The van der Waals surface area contributed by atoms with E-state index in [0.717, 1.165) is 36.6 Å². The maximum absolute atomic E-state index is 13.1. The van der Waals surface area contributed by atoms with E-state index >= 15 is 0 Å². The quantitative estimate of drug-likeness (QED) is 0.484.